The molecule has 3 aliphatic rings. The molecule has 0 unspecified atom stereocenters. The maximum Gasteiger partial charge on any atom is 0.186 e. The third-order valence-electron chi connectivity index (χ3n) is 4.53. The minimum absolute atomic E-state index is 0. The van der Waals surface area contributed by atoms with Crippen molar-refractivity contribution in [3.8, 4) is 0 Å². The lowest BCUT2D eigenvalue weighted by atomic mass is 9.71. The first kappa shape index (κ1) is 29.6. The highest BCUT2D eigenvalue weighted by Crippen LogP contribution is 2.29. The lowest BCUT2D eigenvalue weighted by Gasteiger charge is -2.58. The van der Waals surface area contributed by atoms with Crippen LogP contribution in [0.2, 0.25) is 0 Å². The van der Waals surface area contributed by atoms with Gasteiger partial charge in [-0.3, -0.25) is 9.59 Å². The standard InChI is InChI=1S/C6H10O2.2C6H6O2.3CH4/c3*1-3-5(7)4(2)6(3)8;;;/h3-6H,1-2H3;2*7H,1H2,2H3;3*1H4/q-2;;;;;/p-2. The fourth-order valence-electron chi connectivity index (χ4n) is 2.38. The molecule has 0 spiro atoms. The number of hydrogen-bond donors (Lipinski definition) is 0. The van der Waals surface area contributed by atoms with Gasteiger partial charge in [-0.25, -0.2) is 0 Å². The summed E-state index contributed by atoms with van der Waals surface area (Å²) >= 11 is 0. The first-order valence-electron chi connectivity index (χ1n) is 7.48. The summed E-state index contributed by atoms with van der Waals surface area (Å²) in [6.07, 6.45) is -1.17. The average Bonchev–Trinajstić information content (AvgIpc) is 2.63. The zero-order valence-corrected chi connectivity index (χ0v) is 14.2. The highest BCUT2D eigenvalue weighted by atomic mass is 16.3. The predicted octanol–water partition coefficient (Wildman–Crippen LogP) is 0.158. The highest BCUT2D eigenvalue weighted by molar-refractivity contribution is 6.18. The van der Waals surface area contributed by atoms with Crippen LogP contribution in [-0.2, 0) is 9.59 Å². The molecular weight excluding hydrogens is 348 g/mol. The van der Waals surface area contributed by atoms with Crippen molar-refractivity contribution in [2.24, 2.45) is 11.8 Å². The highest BCUT2D eigenvalue weighted by Gasteiger charge is 2.28. The lowest BCUT2D eigenvalue weighted by molar-refractivity contribution is -0.558. The zero-order chi connectivity index (χ0) is 18.9. The monoisotopic (exact) mass is 380 g/mol. The number of ketones is 2. The molecule has 3 rings (SSSR count). The number of allylic oxidation sites excluding steroid dienone is 4. The second kappa shape index (κ2) is 10.8. The first-order chi connectivity index (χ1) is 10.9. The Kier molecular flexibility index (Phi) is 11.9. The molecule has 27 heavy (non-hydrogen) atoms. The van der Waals surface area contributed by atoms with E-state index in [1.54, 1.807) is 13.8 Å². The van der Waals surface area contributed by atoms with Crippen molar-refractivity contribution >= 4 is 11.6 Å². The van der Waals surface area contributed by atoms with Gasteiger partial charge in [-0.15, -0.1) is 12.2 Å². The van der Waals surface area contributed by atoms with Crippen LogP contribution in [0.1, 0.15) is 50.0 Å². The number of rotatable bonds is 0. The Morgan fingerprint density at radius 2 is 0.926 bits per heavy atom. The summed E-state index contributed by atoms with van der Waals surface area (Å²) in [6.45, 7) is 13.0. The van der Waals surface area contributed by atoms with Gasteiger partial charge < -0.3 is 20.4 Å². The number of carbonyl (C=O) groups excluding carboxylic acids is 2. The van der Waals surface area contributed by atoms with Crippen molar-refractivity contribution in [1.82, 2.24) is 0 Å². The van der Waals surface area contributed by atoms with Gasteiger partial charge in [0, 0.05) is 11.1 Å². The Bertz CT molecular complexity index is 546. The largest absolute Gasteiger partial charge is 0.872 e. The summed E-state index contributed by atoms with van der Waals surface area (Å²) in [4.78, 5) is 20.8. The topological polar surface area (TPSA) is 126 Å². The third-order valence-corrected chi connectivity index (χ3v) is 4.53. The van der Waals surface area contributed by atoms with E-state index in [0.29, 0.717) is 11.1 Å². The van der Waals surface area contributed by atoms with Crippen LogP contribution in [0.5, 0.6) is 0 Å². The summed E-state index contributed by atoms with van der Waals surface area (Å²) in [6, 6.07) is 0. The quantitative estimate of drug-likeness (QED) is 0.551. The summed E-state index contributed by atoms with van der Waals surface area (Å²) in [5.41, 5.74) is 0.884. The molecule has 0 saturated heterocycles. The van der Waals surface area contributed by atoms with Gasteiger partial charge in [0.15, 0.2) is 11.6 Å². The Hall–Kier alpha value is -2.18. The molecule has 0 bridgehead atoms. The van der Waals surface area contributed by atoms with Crippen LogP contribution in [0.4, 0.5) is 0 Å². The Labute approximate surface area is 163 Å². The van der Waals surface area contributed by atoms with Crippen LogP contribution in [-0.4, -0.2) is 23.8 Å². The maximum atomic E-state index is 10.7. The van der Waals surface area contributed by atoms with E-state index in [-0.39, 0.29) is 68.3 Å². The van der Waals surface area contributed by atoms with Crippen LogP contribution in [0.3, 0.4) is 0 Å². The minimum Gasteiger partial charge on any atom is -0.872 e. The van der Waals surface area contributed by atoms with E-state index in [0.717, 1.165) is 0 Å². The Balaban J connectivity index is -0.000000303. The fourth-order valence-corrected chi connectivity index (χ4v) is 2.38. The van der Waals surface area contributed by atoms with Crippen LogP contribution in [0, 0.1) is 11.8 Å². The molecule has 1 fully saturated rings. The molecule has 1 saturated carbocycles. The zero-order valence-electron chi connectivity index (χ0n) is 14.2. The van der Waals surface area contributed by atoms with Crippen LogP contribution < -0.4 is 20.4 Å². The minimum atomic E-state index is -0.586. The van der Waals surface area contributed by atoms with Crippen molar-refractivity contribution in [1.29, 1.82) is 0 Å². The molecular formula is C21H32O6-4. The van der Waals surface area contributed by atoms with Gasteiger partial charge in [0.05, 0.1) is 0 Å². The average molecular weight is 380 g/mol. The molecule has 0 atom stereocenters. The maximum absolute atomic E-state index is 10.7. The molecule has 0 aromatic rings. The van der Waals surface area contributed by atoms with Crippen molar-refractivity contribution in [2.45, 2.75) is 62.2 Å². The Morgan fingerprint density at radius 1 is 0.704 bits per heavy atom. The van der Waals surface area contributed by atoms with E-state index < -0.39 is 12.2 Å². The van der Waals surface area contributed by atoms with E-state index in [9.17, 15) is 30.0 Å². The smallest absolute Gasteiger partial charge is 0.186 e. The molecule has 3 aliphatic carbocycles. The number of Topliss-reactive ketones (excluding diaryl/α,β-unsaturated/α-hetero) is 2. The predicted molar refractivity (Wildman–Crippen MR) is 99.8 cm³/mol. The first-order valence-corrected chi connectivity index (χ1v) is 7.48. The molecule has 0 N–H and O–H groups in total. The molecule has 6 nitrogen and oxygen atoms in total. The van der Waals surface area contributed by atoms with E-state index in [1.807, 2.05) is 0 Å². The van der Waals surface area contributed by atoms with Crippen molar-refractivity contribution in [3.63, 3.8) is 0 Å². The normalized spacial score (nSPS) is 27.8. The van der Waals surface area contributed by atoms with Gasteiger partial charge in [-0.2, -0.15) is 0 Å². The van der Waals surface area contributed by atoms with Crippen molar-refractivity contribution in [2.75, 3.05) is 0 Å². The van der Waals surface area contributed by atoms with Gasteiger partial charge >= 0.3 is 0 Å². The van der Waals surface area contributed by atoms with Crippen LogP contribution in [0.25, 0.3) is 0 Å². The van der Waals surface area contributed by atoms with Gasteiger partial charge in [0.2, 0.25) is 0 Å². The second-order valence-electron chi connectivity index (χ2n) is 6.17. The van der Waals surface area contributed by atoms with E-state index in [4.69, 9.17) is 0 Å². The van der Waals surface area contributed by atoms with Crippen molar-refractivity contribution in [3.05, 3.63) is 47.0 Å². The van der Waals surface area contributed by atoms with Gasteiger partial charge in [0.25, 0.3) is 0 Å². The number of hydrogen-bond acceptors (Lipinski definition) is 6. The molecule has 0 aliphatic heterocycles. The van der Waals surface area contributed by atoms with Crippen molar-refractivity contribution < 1.29 is 30.0 Å². The molecule has 0 radical (unpaired) electrons. The van der Waals surface area contributed by atoms with Gasteiger partial charge in [-0.1, -0.05) is 72.6 Å². The molecule has 156 valence electrons. The van der Waals surface area contributed by atoms with Crippen LogP contribution >= 0.6 is 0 Å². The lowest BCUT2D eigenvalue weighted by Crippen LogP contribution is -2.64. The van der Waals surface area contributed by atoms with E-state index in [1.165, 1.54) is 13.8 Å². The third kappa shape index (κ3) is 5.40. The Morgan fingerprint density at radius 3 is 1.00 bits per heavy atom. The molecule has 6 heteroatoms. The summed E-state index contributed by atoms with van der Waals surface area (Å²) in [5, 5.41) is 42.1. The SMILES string of the molecule is C.C.C.C=C1C(=O)C(C)=C1[O-].C=C1C(=O)C(C)=C1[O-].CC1C([O-])C(C)C1[O-]. The second-order valence-corrected chi connectivity index (χ2v) is 6.17. The van der Waals surface area contributed by atoms with E-state index in [2.05, 4.69) is 13.2 Å². The molecule has 0 aromatic carbocycles. The molecule has 0 heterocycles. The molecule has 0 aromatic heterocycles. The summed E-state index contributed by atoms with van der Waals surface area (Å²) in [5.74, 6) is -1.01. The van der Waals surface area contributed by atoms with E-state index >= 15 is 0 Å². The van der Waals surface area contributed by atoms with Crippen LogP contribution in [0.15, 0.2) is 47.0 Å². The van der Waals surface area contributed by atoms with Gasteiger partial charge in [0.1, 0.15) is 0 Å². The summed E-state index contributed by atoms with van der Waals surface area (Å²) < 4.78 is 0. The van der Waals surface area contributed by atoms with Gasteiger partial charge in [-0.05, 0) is 25.0 Å². The molecule has 0 amide bonds. The summed E-state index contributed by atoms with van der Waals surface area (Å²) in [7, 11) is 0. The number of carbonyl (C=O) groups is 2. The fraction of sp³-hybridized carbons (Fsp3) is 0.524.